The van der Waals surface area contributed by atoms with Crippen LogP contribution in [0, 0.1) is 11.8 Å². The van der Waals surface area contributed by atoms with Crippen molar-refractivity contribution in [2.75, 3.05) is 13.2 Å². The molecule has 0 aliphatic heterocycles. The number of carbonyl (C=O) groups is 1. The molecule has 2 amide bonds. The first kappa shape index (κ1) is 13.4. The van der Waals surface area contributed by atoms with Crippen LogP contribution in [0.1, 0.15) is 30.4 Å². The molecular weight excluding hydrogens is 252 g/mol. The molecule has 2 aliphatic rings. The van der Waals surface area contributed by atoms with Gasteiger partial charge in [-0.3, -0.25) is 0 Å². The maximum absolute atomic E-state index is 11.7. The van der Waals surface area contributed by atoms with Crippen molar-refractivity contribution >= 4 is 6.03 Å². The maximum Gasteiger partial charge on any atom is 0.315 e. The molecule has 3 N–H and O–H groups in total. The summed E-state index contributed by atoms with van der Waals surface area (Å²) >= 11 is 0. The Bertz CT molecular complexity index is 503. The van der Waals surface area contributed by atoms with Gasteiger partial charge in [-0.05, 0) is 48.6 Å². The Morgan fingerprint density at radius 3 is 3.05 bits per heavy atom. The number of benzene rings is 1. The second-order valence-electron chi connectivity index (χ2n) is 6.02. The van der Waals surface area contributed by atoms with Crippen LogP contribution in [0.5, 0.6) is 0 Å². The van der Waals surface area contributed by atoms with E-state index >= 15 is 0 Å². The Balaban J connectivity index is 1.45. The predicted octanol–water partition coefficient (Wildman–Crippen LogP) is 1.64. The van der Waals surface area contributed by atoms with E-state index < -0.39 is 0 Å². The Labute approximate surface area is 119 Å². The van der Waals surface area contributed by atoms with Crippen molar-refractivity contribution in [2.45, 2.75) is 31.7 Å². The van der Waals surface area contributed by atoms with E-state index in [2.05, 4.69) is 34.9 Å². The molecule has 1 fully saturated rings. The lowest BCUT2D eigenvalue weighted by molar-refractivity contribution is 0.230. The Morgan fingerprint density at radius 2 is 2.25 bits per heavy atom. The quantitative estimate of drug-likeness (QED) is 0.764. The van der Waals surface area contributed by atoms with Crippen molar-refractivity contribution in [2.24, 2.45) is 11.8 Å². The third-order valence-corrected chi connectivity index (χ3v) is 4.64. The number of nitrogens with one attached hydrogen (secondary N) is 2. The van der Waals surface area contributed by atoms with Crippen LogP contribution < -0.4 is 10.6 Å². The van der Waals surface area contributed by atoms with Gasteiger partial charge in [-0.2, -0.15) is 0 Å². The summed E-state index contributed by atoms with van der Waals surface area (Å²) in [6.45, 7) is 2.75. The summed E-state index contributed by atoms with van der Waals surface area (Å²) in [4.78, 5) is 11.7. The molecule has 3 unspecified atom stereocenters. The summed E-state index contributed by atoms with van der Waals surface area (Å²) in [5.74, 6) is 1.98. The molecule has 0 spiro atoms. The van der Waals surface area contributed by atoms with Crippen LogP contribution in [0.3, 0.4) is 0 Å². The van der Waals surface area contributed by atoms with E-state index in [1.807, 2.05) is 6.92 Å². The molecule has 1 aromatic rings. The number of aliphatic hydroxyl groups excluding tert-OH is 1. The molecule has 4 heteroatoms. The highest BCUT2D eigenvalue weighted by Gasteiger charge is 2.54. The van der Waals surface area contributed by atoms with Crippen LogP contribution in [-0.2, 0) is 6.42 Å². The molecule has 1 saturated carbocycles. The Morgan fingerprint density at radius 1 is 1.45 bits per heavy atom. The summed E-state index contributed by atoms with van der Waals surface area (Å²) < 4.78 is 0. The summed E-state index contributed by atoms with van der Waals surface area (Å²) in [5, 5.41) is 14.6. The largest absolute Gasteiger partial charge is 0.396 e. The summed E-state index contributed by atoms with van der Waals surface area (Å²) in [6, 6.07) is 8.54. The van der Waals surface area contributed by atoms with Crippen LogP contribution >= 0.6 is 0 Å². The zero-order chi connectivity index (χ0) is 14.1. The Hall–Kier alpha value is -1.55. The lowest BCUT2D eigenvalue weighted by Gasteiger charge is -2.14. The smallest absolute Gasteiger partial charge is 0.315 e. The van der Waals surface area contributed by atoms with Crippen molar-refractivity contribution in [1.82, 2.24) is 10.6 Å². The number of hydrogen-bond donors (Lipinski definition) is 3. The summed E-state index contributed by atoms with van der Waals surface area (Å²) in [6.07, 6.45) is 1.76. The third-order valence-electron chi connectivity index (χ3n) is 4.64. The van der Waals surface area contributed by atoms with Crippen LogP contribution in [0.4, 0.5) is 4.79 Å². The molecule has 4 nitrogen and oxygen atoms in total. The van der Waals surface area contributed by atoms with Gasteiger partial charge < -0.3 is 15.7 Å². The van der Waals surface area contributed by atoms with Crippen LogP contribution in [0.15, 0.2) is 24.3 Å². The second-order valence-corrected chi connectivity index (χ2v) is 6.02. The number of rotatable bonds is 5. The molecule has 3 rings (SSSR count). The van der Waals surface area contributed by atoms with E-state index in [-0.39, 0.29) is 18.7 Å². The number of fused-ring (bicyclic) bond motifs is 3. The average molecular weight is 274 g/mol. The number of amides is 2. The first-order valence-corrected chi connectivity index (χ1v) is 7.43. The van der Waals surface area contributed by atoms with Crippen LogP contribution in [0.25, 0.3) is 0 Å². The number of hydrogen-bond acceptors (Lipinski definition) is 2. The van der Waals surface area contributed by atoms with Crippen molar-refractivity contribution in [3.63, 3.8) is 0 Å². The number of carbonyl (C=O) groups excluding carboxylic acids is 1. The van der Waals surface area contributed by atoms with Gasteiger partial charge in [-0.15, -0.1) is 0 Å². The van der Waals surface area contributed by atoms with Gasteiger partial charge in [0.15, 0.2) is 0 Å². The highest BCUT2D eigenvalue weighted by Crippen LogP contribution is 2.60. The van der Waals surface area contributed by atoms with Gasteiger partial charge in [-0.1, -0.05) is 24.3 Å². The van der Waals surface area contributed by atoms with E-state index in [1.54, 1.807) is 0 Å². The van der Waals surface area contributed by atoms with Gasteiger partial charge in [0.1, 0.15) is 0 Å². The fraction of sp³-hybridized carbons (Fsp3) is 0.562. The molecule has 108 valence electrons. The Kier molecular flexibility index (Phi) is 3.66. The van der Waals surface area contributed by atoms with Gasteiger partial charge in [0.2, 0.25) is 0 Å². The molecular formula is C16H22N2O2. The number of urea groups is 1. The van der Waals surface area contributed by atoms with Crippen LogP contribution in [-0.4, -0.2) is 30.3 Å². The lowest BCUT2D eigenvalue weighted by atomic mass is 10.0. The summed E-state index contributed by atoms with van der Waals surface area (Å²) in [7, 11) is 0. The molecule has 0 saturated heterocycles. The topological polar surface area (TPSA) is 61.4 Å². The summed E-state index contributed by atoms with van der Waals surface area (Å²) in [5.41, 5.74) is 2.97. The predicted molar refractivity (Wildman–Crippen MR) is 77.6 cm³/mol. The first-order valence-electron chi connectivity index (χ1n) is 7.43. The highest BCUT2D eigenvalue weighted by atomic mass is 16.3. The normalized spacial score (nSPS) is 27.4. The fourth-order valence-electron chi connectivity index (χ4n) is 3.51. The van der Waals surface area contributed by atoms with Gasteiger partial charge in [0.05, 0.1) is 0 Å². The molecule has 0 bridgehead atoms. The first-order chi connectivity index (χ1) is 9.70. The minimum Gasteiger partial charge on any atom is -0.396 e. The lowest BCUT2D eigenvalue weighted by Crippen LogP contribution is -2.42. The average Bonchev–Trinajstić information content (AvgIpc) is 2.96. The SMILES string of the molecule is C[C@H](CCO)NC(=O)NCC1C2Cc3ccccc3C12. The van der Waals surface area contributed by atoms with Gasteiger partial charge in [0.25, 0.3) is 0 Å². The van der Waals surface area contributed by atoms with E-state index in [0.29, 0.717) is 18.3 Å². The van der Waals surface area contributed by atoms with E-state index in [4.69, 9.17) is 5.11 Å². The maximum atomic E-state index is 11.7. The molecule has 0 aromatic heterocycles. The van der Waals surface area contributed by atoms with Crippen molar-refractivity contribution in [3.05, 3.63) is 35.4 Å². The van der Waals surface area contributed by atoms with Crippen molar-refractivity contribution in [1.29, 1.82) is 0 Å². The minimum atomic E-state index is -0.121. The zero-order valence-electron chi connectivity index (χ0n) is 11.8. The molecule has 2 aliphatic carbocycles. The standard InChI is InChI=1S/C16H22N2O2/c1-10(6-7-19)18-16(20)17-9-14-13-8-11-4-2-3-5-12(11)15(13)14/h2-5,10,13-15,19H,6-9H2,1H3,(H2,17,18,20)/t10-,13?,14?,15?/m1/s1. The zero-order valence-corrected chi connectivity index (χ0v) is 11.8. The van der Waals surface area contributed by atoms with Crippen molar-refractivity contribution in [3.8, 4) is 0 Å². The molecule has 0 heterocycles. The number of aliphatic hydroxyl groups is 1. The monoisotopic (exact) mass is 274 g/mol. The van der Waals surface area contributed by atoms with E-state index in [0.717, 1.165) is 18.9 Å². The molecule has 4 atom stereocenters. The van der Waals surface area contributed by atoms with Gasteiger partial charge >= 0.3 is 6.03 Å². The molecule has 0 radical (unpaired) electrons. The van der Waals surface area contributed by atoms with Gasteiger partial charge in [0, 0.05) is 19.2 Å². The van der Waals surface area contributed by atoms with E-state index in [9.17, 15) is 4.79 Å². The molecule has 1 aromatic carbocycles. The second kappa shape index (κ2) is 5.44. The molecule has 20 heavy (non-hydrogen) atoms. The highest BCUT2D eigenvalue weighted by molar-refractivity contribution is 5.74. The van der Waals surface area contributed by atoms with Gasteiger partial charge in [-0.25, -0.2) is 4.79 Å². The van der Waals surface area contributed by atoms with E-state index in [1.165, 1.54) is 11.1 Å². The minimum absolute atomic E-state index is 0.0134. The fourth-order valence-corrected chi connectivity index (χ4v) is 3.51. The van der Waals surface area contributed by atoms with Crippen LogP contribution in [0.2, 0.25) is 0 Å². The third kappa shape index (κ3) is 2.52. The van der Waals surface area contributed by atoms with Crippen molar-refractivity contribution < 1.29 is 9.90 Å².